The lowest BCUT2D eigenvalue weighted by atomic mass is 10.3. The molecule has 0 bridgehead atoms. The van der Waals surface area contributed by atoms with Crippen LogP contribution in [0.15, 0.2) is 54.6 Å². The molecule has 0 aliphatic rings. The SMILES string of the molecule is Nc1snnc1COc1ccc(Oc2ccccc2)cc1. The Morgan fingerprint density at radius 1 is 0.905 bits per heavy atom. The van der Waals surface area contributed by atoms with Crippen molar-refractivity contribution in [1.29, 1.82) is 0 Å². The summed E-state index contributed by atoms with van der Waals surface area (Å²) < 4.78 is 15.1. The summed E-state index contributed by atoms with van der Waals surface area (Å²) in [5, 5.41) is 4.48. The lowest BCUT2D eigenvalue weighted by Gasteiger charge is -2.07. The van der Waals surface area contributed by atoms with Gasteiger partial charge in [-0.2, -0.15) is 0 Å². The molecule has 0 saturated heterocycles. The Morgan fingerprint density at radius 2 is 1.57 bits per heavy atom. The minimum atomic E-state index is 0.307. The quantitative estimate of drug-likeness (QED) is 0.781. The first kappa shape index (κ1) is 13.4. The van der Waals surface area contributed by atoms with E-state index in [1.54, 1.807) is 0 Å². The molecule has 6 heteroatoms. The van der Waals surface area contributed by atoms with Gasteiger partial charge in [0, 0.05) is 11.5 Å². The van der Waals surface area contributed by atoms with Gasteiger partial charge in [-0.15, -0.1) is 5.10 Å². The molecule has 1 aromatic heterocycles. The molecule has 0 aliphatic heterocycles. The van der Waals surface area contributed by atoms with E-state index in [2.05, 4.69) is 9.59 Å². The van der Waals surface area contributed by atoms with E-state index in [9.17, 15) is 0 Å². The normalized spacial score (nSPS) is 10.3. The second-order valence-corrected chi connectivity index (χ2v) is 5.04. The minimum absolute atomic E-state index is 0.307. The predicted molar refractivity (Wildman–Crippen MR) is 81.6 cm³/mol. The molecule has 0 fully saturated rings. The third-order valence-corrected chi connectivity index (χ3v) is 3.36. The van der Waals surface area contributed by atoms with Crippen molar-refractivity contribution in [3.8, 4) is 17.2 Å². The number of nitrogen functional groups attached to an aromatic ring is 1. The van der Waals surface area contributed by atoms with Crippen molar-refractivity contribution < 1.29 is 9.47 Å². The summed E-state index contributed by atoms with van der Waals surface area (Å²) >= 11 is 1.16. The van der Waals surface area contributed by atoms with Gasteiger partial charge in [-0.25, -0.2) is 0 Å². The van der Waals surface area contributed by atoms with Crippen LogP contribution in [0.3, 0.4) is 0 Å². The van der Waals surface area contributed by atoms with Crippen molar-refractivity contribution in [3.05, 3.63) is 60.3 Å². The Hall–Kier alpha value is -2.60. The fraction of sp³-hybridized carbons (Fsp3) is 0.0667. The van der Waals surface area contributed by atoms with Crippen LogP contribution in [0.4, 0.5) is 5.00 Å². The summed E-state index contributed by atoms with van der Waals surface area (Å²) in [5.41, 5.74) is 6.37. The van der Waals surface area contributed by atoms with E-state index >= 15 is 0 Å². The van der Waals surface area contributed by atoms with E-state index in [-0.39, 0.29) is 0 Å². The van der Waals surface area contributed by atoms with Crippen LogP contribution in [0.5, 0.6) is 17.2 Å². The van der Waals surface area contributed by atoms with Crippen molar-refractivity contribution in [2.75, 3.05) is 5.73 Å². The van der Waals surface area contributed by atoms with E-state index in [1.807, 2.05) is 54.6 Å². The maximum Gasteiger partial charge on any atom is 0.136 e. The summed E-state index contributed by atoms with van der Waals surface area (Å²) in [7, 11) is 0. The summed E-state index contributed by atoms with van der Waals surface area (Å²) in [6, 6.07) is 17.0. The Balaban J connectivity index is 1.60. The van der Waals surface area contributed by atoms with Gasteiger partial charge >= 0.3 is 0 Å². The van der Waals surface area contributed by atoms with Crippen molar-refractivity contribution >= 4 is 16.5 Å². The molecule has 0 saturated carbocycles. The van der Waals surface area contributed by atoms with Crippen LogP contribution in [-0.2, 0) is 6.61 Å². The van der Waals surface area contributed by atoms with Gasteiger partial charge < -0.3 is 15.2 Å². The summed E-state index contributed by atoms with van der Waals surface area (Å²) in [4.78, 5) is 0. The smallest absolute Gasteiger partial charge is 0.136 e. The molecule has 0 radical (unpaired) electrons. The van der Waals surface area contributed by atoms with Gasteiger partial charge in [0.25, 0.3) is 0 Å². The van der Waals surface area contributed by atoms with Gasteiger partial charge in [-0.05, 0) is 36.4 Å². The zero-order valence-electron chi connectivity index (χ0n) is 11.1. The lowest BCUT2D eigenvalue weighted by molar-refractivity contribution is 0.301. The van der Waals surface area contributed by atoms with Crippen LogP contribution in [-0.4, -0.2) is 9.59 Å². The first-order valence-electron chi connectivity index (χ1n) is 6.34. The number of nitrogens with zero attached hydrogens (tertiary/aromatic N) is 2. The first-order valence-corrected chi connectivity index (χ1v) is 7.11. The summed E-state index contributed by atoms with van der Waals surface area (Å²) in [5.74, 6) is 2.28. The number of ether oxygens (including phenoxy) is 2. The standard InChI is InChI=1S/C15H13N3O2S/c16-15-14(17-18-21-15)10-19-11-6-8-13(9-7-11)20-12-4-2-1-3-5-12/h1-9H,10,16H2. The highest BCUT2D eigenvalue weighted by Gasteiger charge is 2.05. The fourth-order valence-corrected chi connectivity index (χ4v) is 2.13. The Morgan fingerprint density at radius 3 is 2.24 bits per heavy atom. The average Bonchev–Trinajstić information content (AvgIpc) is 2.93. The van der Waals surface area contributed by atoms with E-state index in [4.69, 9.17) is 15.2 Å². The molecule has 1 heterocycles. The monoisotopic (exact) mass is 299 g/mol. The van der Waals surface area contributed by atoms with E-state index in [0.717, 1.165) is 28.8 Å². The largest absolute Gasteiger partial charge is 0.487 e. The molecule has 106 valence electrons. The highest BCUT2D eigenvalue weighted by Crippen LogP contribution is 2.24. The van der Waals surface area contributed by atoms with Crippen molar-refractivity contribution in [1.82, 2.24) is 9.59 Å². The zero-order chi connectivity index (χ0) is 14.5. The average molecular weight is 299 g/mol. The number of para-hydroxylation sites is 1. The number of rotatable bonds is 5. The van der Waals surface area contributed by atoms with Gasteiger partial charge in [0.1, 0.15) is 34.6 Å². The highest BCUT2D eigenvalue weighted by molar-refractivity contribution is 7.09. The summed E-state index contributed by atoms with van der Waals surface area (Å²) in [6.07, 6.45) is 0. The second-order valence-electron chi connectivity index (χ2n) is 4.26. The summed E-state index contributed by atoms with van der Waals surface area (Å²) in [6.45, 7) is 0.307. The number of nitrogens with two attached hydrogens (primary N) is 1. The van der Waals surface area contributed by atoms with E-state index in [1.165, 1.54) is 0 Å². The maximum atomic E-state index is 5.71. The molecule has 3 aromatic rings. The molecule has 0 aliphatic carbocycles. The molecule has 2 aromatic carbocycles. The second kappa shape index (κ2) is 6.23. The minimum Gasteiger partial charge on any atom is -0.487 e. The van der Waals surface area contributed by atoms with Crippen LogP contribution in [0.1, 0.15) is 5.69 Å². The molecule has 0 atom stereocenters. The van der Waals surface area contributed by atoms with Gasteiger partial charge in [-0.3, -0.25) is 0 Å². The van der Waals surface area contributed by atoms with Gasteiger partial charge in [-0.1, -0.05) is 22.7 Å². The molecule has 0 spiro atoms. The molecular formula is C15H13N3O2S. The Bertz CT molecular complexity index is 698. The zero-order valence-corrected chi connectivity index (χ0v) is 11.9. The number of anilines is 1. The van der Waals surface area contributed by atoms with Gasteiger partial charge in [0.2, 0.25) is 0 Å². The van der Waals surface area contributed by atoms with E-state index < -0.39 is 0 Å². The number of hydrogen-bond acceptors (Lipinski definition) is 6. The fourth-order valence-electron chi connectivity index (χ4n) is 1.70. The lowest BCUT2D eigenvalue weighted by Crippen LogP contribution is -1.99. The number of hydrogen-bond donors (Lipinski definition) is 1. The molecule has 3 rings (SSSR count). The van der Waals surface area contributed by atoms with Gasteiger partial charge in [0.15, 0.2) is 0 Å². The van der Waals surface area contributed by atoms with Crippen LogP contribution in [0.25, 0.3) is 0 Å². The predicted octanol–water partition coefficient (Wildman–Crippen LogP) is 3.49. The molecule has 0 unspecified atom stereocenters. The van der Waals surface area contributed by atoms with Gasteiger partial charge in [0.05, 0.1) is 0 Å². The van der Waals surface area contributed by atoms with Crippen LogP contribution < -0.4 is 15.2 Å². The molecule has 5 nitrogen and oxygen atoms in total. The maximum absolute atomic E-state index is 5.71. The van der Waals surface area contributed by atoms with Crippen LogP contribution in [0.2, 0.25) is 0 Å². The molecule has 21 heavy (non-hydrogen) atoms. The molecular weight excluding hydrogens is 286 g/mol. The number of aromatic nitrogens is 2. The first-order chi connectivity index (χ1) is 10.3. The van der Waals surface area contributed by atoms with Crippen molar-refractivity contribution in [3.63, 3.8) is 0 Å². The van der Waals surface area contributed by atoms with Crippen molar-refractivity contribution in [2.24, 2.45) is 0 Å². The Labute approximate surface area is 126 Å². The third kappa shape index (κ3) is 3.49. The molecule has 2 N–H and O–H groups in total. The highest BCUT2D eigenvalue weighted by atomic mass is 32.1. The number of benzene rings is 2. The van der Waals surface area contributed by atoms with Crippen molar-refractivity contribution in [2.45, 2.75) is 6.61 Å². The molecule has 0 amide bonds. The van der Waals surface area contributed by atoms with Crippen LogP contribution in [0, 0.1) is 0 Å². The Kier molecular flexibility index (Phi) is 3.97. The third-order valence-electron chi connectivity index (χ3n) is 2.76. The van der Waals surface area contributed by atoms with E-state index in [0.29, 0.717) is 17.3 Å². The van der Waals surface area contributed by atoms with Crippen LogP contribution >= 0.6 is 11.5 Å². The topological polar surface area (TPSA) is 70.3 Å².